The number of nitrogens with zero attached hydrogens (tertiary/aromatic N) is 3. The van der Waals surface area contributed by atoms with E-state index in [-0.39, 0.29) is 33.0 Å². The molecule has 1 radical (unpaired) electrons. The molecule has 12 heteroatoms. The molecule has 0 saturated carbocycles. The second-order valence-corrected chi connectivity index (χ2v) is 11.1. The van der Waals surface area contributed by atoms with Gasteiger partial charge in [0, 0.05) is 41.2 Å². The van der Waals surface area contributed by atoms with Crippen LogP contribution in [0.3, 0.4) is 0 Å². The molecule has 1 saturated heterocycles. The van der Waals surface area contributed by atoms with Crippen molar-refractivity contribution in [3.8, 4) is 0 Å². The maximum absolute atomic E-state index is 13.9. The van der Waals surface area contributed by atoms with Crippen molar-refractivity contribution in [1.82, 2.24) is 19.9 Å². The molecule has 187 valence electrons. The van der Waals surface area contributed by atoms with Crippen molar-refractivity contribution < 1.29 is 17.6 Å². The number of nitrogens with one attached hydrogen (secondary N) is 2. The van der Waals surface area contributed by atoms with Crippen LogP contribution in [-0.4, -0.2) is 50.4 Å². The monoisotopic (exact) mass is 548 g/mol. The van der Waals surface area contributed by atoms with Crippen LogP contribution in [0.15, 0.2) is 35.2 Å². The SMILES string of the molecule is O=C1C=c2c(Nc3c(Cl)cc(S(=O)(=O)NCCN4CCCC4)cc3Cl)nc3ccc(F)cc3c2=C[N]1. The quantitative estimate of drug-likeness (QED) is 0.469. The fourth-order valence-corrected chi connectivity index (χ4v) is 6.10. The van der Waals surface area contributed by atoms with Gasteiger partial charge in [0.1, 0.15) is 11.6 Å². The summed E-state index contributed by atoms with van der Waals surface area (Å²) < 4.78 is 42.1. The normalized spacial score (nSPS) is 15.8. The highest BCUT2D eigenvalue weighted by molar-refractivity contribution is 7.89. The minimum atomic E-state index is -3.83. The van der Waals surface area contributed by atoms with Gasteiger partial charge in [0.15, 0.2) is 0 Å². The summed E-state index contributed by atoms with van der Waals surface area (Å²) in [4.78, 5) is 18.6. The Morgan fingerprint density at radius 3 is 2.50 bits per heavy atom. The molecule has 2 aromatic carbocycles. The van der Waals surface area contributed by atoms with E-state index in [2.05, 4.69) is 25.2 Å². The molecule has 0 atom stereocenters. The summed E-state index contributed by atoms with van der Waals surface area (Å²) in [6, 6.07) is 6.70. The fourth-order valence-electron chi connectivity index (χ4n) is 4.31. The number of sulfonamides is 1. The van der Waals surface area contributed by atoms with E-state index in [0.717, 1.165) is 25.9 Å². The van der Waals surface area contributed by atoms with Gasteiger partial charge in [0.2, 0.25) is 10.0 Å². The molecule has 1 aromatic heterocycles. The average molecular weight is 549 g/mol. The van der Waals surface area contributed by atoms with Crippen LogP contribution in [0.1, 0.15) is 12.8 Å². The van der Waals surface area contributed by atoms with Gasteiger partial charge in [0.25, 0.3) is 5.91 Å². The molecule has 8 nitrogen and oxygen atoms in total. The van der Waals surface area contributed by atoms with E-state index in [0.29, 0.717) is 27.9 Å². The smallest absolute Gasteiger partial charge is 0.270 e. The van der Waals surface area contributed by atoms with Gasteiger partial charge >= 0.3 is 0 Å². The molecular weight excluding hydrogens is 528 g/mol. The van der Waals surface area contributed by atoms with Gasteiger partial charge in [-0.25, -0.2) is 27.8 Å². The van der Waals surface area contributed by atoms with Crippen LogP contribution in [0.4, 0.5) is 15.9 Å². The van der Waals surface area contributed by atoms with E-state index in [4.69, 9.17) is 23.2 Å². The van der Waals surface area contributed by atoms with Gasteiger partial charge in [-0.3, -0.25) is 4.79 Å². The average Bonchev–Trinajstić information content (AvgIpc) is 3.35. The van der Waals surface area contributed by atoms with Crippen molar-refractivity contribution in [2.75, 3.05) is 31.5 Å². The van der Waals surface area contributed by atoms with Crippen LogP contribution in [0.2, 0.25) is 10.0 Å². The maximum atomic E-state index is 13.9. The van der Waals surface area contributed by atoms with Crippen molar-refractivity contribution in [3.05, 3.63) is 56.6 Å². The molecule has 0 bridgehead atoms. The second-order valence-electron chi connectivity index (χ2n) is 8.52. The lowest BCUT2D eigenvalue weighted by atomic mass is 10.1. The fraction of sp³-hybridized carbons (Fsp3) is 0.250. The van der Waals surface area contributed by atoms with Crippen LogP contribution < -0.4 is 25.8 Å². The Labute approximate surface area is 216 Å². The Morgan fingerprint density at radius 1 is 1.06 bits per heavy atom. The van der Waals surface area contributed by atoms with Crippen LogP contribution in [-0.2, 0) is 14.8 Å². The van der Waals surface area contributed by atoms with E-state index in [1.165, 1.54) is 42.6 Å². The predicted molar refractivity (Wildman–Crippen MR) is 138 cm³/mol. The van der Waals surface area contributed by atoms with Gasteiger partial charge in [-0.15, -0.1) is 0 Å². The van der Waals surface area contributed by atoms with Crippen molar-refractivity contribution in [2.45, 2.75) is 17.7 Å². The van der Waals surface area contributed by atoms with Gasteiger partial charge in [-0.1, -0.05) is 23.2 Å². The number of aromatic nitrogens is 1. The topological polar surface area (TPSA) is 106 Å². The highest BCUT2D eigenvalue weighted by Crippen LogP contribution is 2.35. The number of hydrogen-bond donors (Lipinski definition) is 2. The highest BCUT2D eigenvalue weighted by Gasteiger charge is 2.21. The molecule has 0 unspecified atom stereocenters. The summed E-state index contributed by atoms with van der Waals surface area (Å²) >= 11 is 12.9. The molecule has 0 spiro atoms. The Kier molecular flexibility index (Phi) is 6.88. The van der Waals surface area contributed by atoms with Crippen molar-refractivity contribution in [1.29, 1.82) is 0 Å². The first-order valence-corrected chi connectivity index (χ1v) is 13.5. The summed E-state index contributed by atoms with van der Waals surface area (Å²) in [6.45, 7) is 2.84. The summed E-state index contributed by atoms with van der Waals surface area (Å²) in [6.07, 6.45) is 4.88. The Bertz CT molecular complexity index is 1590. The number of carbonyl (C=O) groups is 1. The molecule has 3 heterocycles. The predicted octanol–water partition coefficient (Wildman–Crippen LogP) is 2.46. The molecule has 3 aromatic rings. The van der Waals surface area contributed by atoms with Crippen LogP contribution >= 0.6 is 23.2 Å². The molecule has 36 heavy (non-hydrogen) atoms. The number of halogens is 3. The summed E-state index contributed by atoms with van der Waals surface area (Å²) in [5, 5.41) is 8.30. The number of rotatable bonds is 7. The van der Waals surface area contributed by atoms with E-state index < -0.39 is 21.7 Å². The van der Waals surface area contributed by atoms with Gasteiger partial charge in [0.05, 0.1) is 26.1 Å². The van der Waals surface area contributed by atoms with Crippen molar-refractivity contribution in [2.24, 2.45) is 0 Å². The Balaban J connectivity index is 1.47. The van der Waals surface area contributed by atoms with E-state index in [9.17, 15) is 17.6 Å². The number of carbonyl (C=O) groups excluding carboxylic acids is 1. The summed E-state index contributed by atoms with van der Waals surface area (Å²) in [7, 11) is -3.83. The number of anilines is 2. The van der Waals surface area contributed by atoms with E-state index in [1.54, 1.807) is 0 Å². The van der Waals surface area contributed by atoms with Crippen molar-refractivity contribution >= 4 is 73.8 Å². The molecule has 1 fully saturated rings. The number of amides is 1. The van der Waals surface area contributed by atoms with E-state index >= 15 is 0 Å². The largest absolute Gasteiger partial charge is 0.337 e. The van der Waals surface area contributed by atoms with Crippen molar-refractivity contribution in [3.63, 3.8) is 0 Å². The maximum Gasteiger partial charge on any atom is 0.270 e. The van der Waals surface area contributed by atoms with Crippen LogP contribution in [0.25, 0.3) is 23.2 Å². The lowest BCUT2D eigenvalue weighted by Crippen LogP contribution is -2.36. The highest BCUT2D eigenvalue weighted by atomic mass is 35.5. The lowest BCUT2D eigenvalue weighted by molar-refractivity contribution is -0.114. The molecule has 0 aliphatic carbocycles. The number of fused-ring (bicyclic) bond motifs is 3. The van der Waals surface area contributed by atoms with Gasteiger partial charge in [-0.2, -0.15) is 0 Å². The molecule has 2 N–H and O–H groups in total. The Morgan fingerprint density at radius 2 is 1.78 bits per heavy atom. The number of benzene rings is 2. The van der Waals surface area contributed by atoms with E-state index in [1.807, 2.05) is 0 Å². The Hall–Kier alpha value is -2.76. The number of pyridine rings is 1. The lowest BCUT2D eigenvalue weighted by Gasteiger charge is -2.16. The second kappa shape index (κ2) is 9.95. The third-order valence-corrected chi connectivity index (χ3v) is 8.14. The number of likely N-dealkylation sites (tertiary alicyclic amines) is 1. The zero-order valence-corrected chi connectivity index (χ0v) is 21.2. The molecule has 2 aliphatic heterocycles. The van der Waals surface area contributed by atoms with Crippen LogP contribution in [0, 0.1) is 5.82 Å². The first kappa shape index (κ1) is 24.9. The van der Waals surface area contributed by atoms with Gasteiger partial charge < -0.3 is 10.2 Å². The van der Waals surface area contributed by atoms with Crippen LogP contribution in [0.5, 0.6) is 0 Å². The number of hydrogen-bond acceptors (Lipinski definition) is 6. The minimum Gasteiger partial charge on any atom is -0.337 e. The molecular formula is C24H21Cl2FN5O3S. The molecule has 5 rings (SSSR count). The first-order chi connectivity index (χ1) is 17.2. The minimum absolute atomic E-state index is 0.0491. The molecule has 2 aliphatic rings. The third kappa shape index (κ3) is 5.05. The van der Waals surface area contributed by atoms with Gasteiger partial charge in [-0.05, 0) is 56.3 Å². The zero-order valence-electron chi connectivity index (χ0n) is 18.9. The zero-order chi connectivity index (χ0) is 25.4. The summed E-state index contributed by atoms with van der Waals surface area (Å²) in [5.41, 5.74) is 0.675. The summed E-state index contributed by atoms with van der Waals surface area (Å²) in [5.74, 6) is -0.706. The third-order valence-electron chi connectivity index (χ3n) is 6.10. The molecule has 1 amide bonds. The standard InChI is InChI=1S/C24H21Cl2FN5O3S/c25-19-10-15(36(34,35)29-5-8-32-6-1-2-7-32)11-20(26)23(19)31-24-17-12-22(33)28-13-18(17)16-9-14(27)3-4-21(16)30-24/h3-4,9-13,29H,1-2,5-8H2,(H,30,31). The first-order valence-electron chi connectivity index (χ1n) is 11.3.